The lowest BCUT2D eigenvalue weighted by molar-refractivity contribution is -0.122. The van der Waals surface area contributed by atoms with E-state index in [4.69, 9.17) is 0 Å². The molecule has 0 fully saturated rings. The monoisotopic (exact) mass is 300 g/mol. The van der Waals surface area contributed by atoms with Crippen LogP contribution in [0.3, 0.4) is 0 Å². The number of fused-ring (bicyclic) bond motifs is 1. The largest absolute Gasteiger partial charge is 0.351 e. The summed E-state index contributed by atoms with van der Waals surface area (Å²) in [6.45, 7) is 6.41. The van der Waals surface area contributed by atoms with E-state index in [1.807, 2.05) is 12.1 Å². The van der Waals surface area contributed by atoms with Crippen molar-refractivity contribution < 1.29 is 4.79 Å². The molecule has 0 spiro atoms. The van der Waals surface area contributed by atoms with Crippen LogP contribution in [0, 0.1) is 13.8 Å². The summed E-state index contributed by atoms with van der Waals surface area (Å²) >= 11 is 1.76. The fraction of sp³-hybridized carbons (Fsp3) is 0.353. The van der Waals surface area contributed by atoms with Gasteiger partial charge in [0.15, 0.2) is 0 Å². The van der Waals surface area contributed by atoms with Crippen LogP contribution in [0.1, 0.15) is 32.4 Å². The number of carbonyl (C=O) groups excluding carboxylic acids is 1. The van der Waals surface area contributed by atoms with E-state index in [0.717, 1.165) is 12.1 Å². The van der Waals surface area contributed by atoms with Crippen molar-refractivity contribution in [2.75, 3.05) is 6.54 Å². The van der Waals surface area contributed by atoms with Crippen molar-refractivity contribution in [3.8, 4) is 0 Å². The first-order chi connectivity index (χ1) is 10.1. The summed E-state index contributed by atoms with van der Waals surface area (Å²) < 4.78 is 0. The highest BCUT2D eigenvalue weighted by molar-refractivity contribution is 7.12. The number of hydrogen-bond donors (Lipinski definition) is 2. The minimum atomic E-state index is -0.0860. The molecular formula is C17H20N2OS. The number of amides is 1. The maximum atomic E-state index is 12.5. The normalized spacial score (nSPS) is 17.3. The van der Waals surface area contributed by atoms with Gasteiger partial charge in [-0.05, 0) is 36.6 Å². The van der Waals surface area contributed by atoms with Gasteiger partial charge in [0.2, 0.25) is 5.91 Å². The molecule has 3 rings (SSSR count). The second kappa shape index (κ2) is 6.00. The molecule has 0 aliphatic carbocycles. The van der Waals surface area contributed by atoms with Crippen molar-refractivity contribution in [2.24, 2.45) is 0 Å². The van der Waals surface area contributed by atoms with E-state index in [1.54, 1.807) is 11.3 Å². The molecule has 0 bridgehead atoms. The minimum Gasteiger partial charge on any atom is -0.351 e. The summed E-state index contributed by atoms with van der Waals surface area (Å²) in [7, 11) is 0. The third kappa shape index (κ3) is 3.01. The average Bonchev–Trinajstić information content (AvgIpc) is 2.83. The van der Waals surface area contributed by atoms with Crippen molar-refractivity contribution in [3.05, 3.63) is 56.8 Å². The number of thiophene rings is 1. The third-order valence-corrected chi connectivity index (χ3v) is 5.22. The smallest absolute Gasteiger partial charge is 0.229 e. The van der Waals surface area contributed by atoms with Crippen LogP contribution in [-0.2, 0) is 17.9 Å². The Morgan fingerprint density at radius 3 is 2.95 bits per heavy atom. The molecule has 2 heterocycles. The Balaban J connectivity index is 1.69. The van der Waals surface area contributed by atoms with Crippen LogP contribution >= 0.6 is 11.3 Å². The molecule has 0 radical (unpaired) electrons. The Morgan fingerprint density at radius 1 is 1.38 bits per heavy atom. The number of rotatable bonds is 3. The lowest BCUT2D eigenvalue weighted by Gasteiger charge is -2.25. The molecule has 0 saturated carbocycles. The Hall–Kier alpha value is -1.65. The molecule has 1 amide bonds. The molecule has 1 aromatic heterocycles. The van der Waals surface area contributed by atoms with Crippen molar-refractivity contribution in [1.82, 2.24) is 10.6 Å². The Morgan fingerprint density at radius 2 is 2.19 bits per heavy atom. The fourth-order valence-electron chi connectivity index (χ4n) is 2.76. The highest BCUT2D eigenvalue weighted by Crippen LogP contribution is 2.24. The molecule has 110 valence electrons. The van der Waals surface area contributed by atoms with Crippen LogP contribution in [0.2, 0.25) is 0 Å². The predicted octanol–water partition coefficient (Wildman–Crippen LogP) is 2.87. The molecule has 2 aromatic rings. The van der Waals surface area contributed by atoms with Crippen molar-refractivity contribution in [3.63, 3.8) is 0 Å². The van der Waals surface area contributed by atoms with E-state index in [1.165, 1.54) is 20.9 Å². The molecule has 3 nitrogen and oxygen atoms in total. The summed E-state index contributed by atoms with van der Waals surface area (Å²) in [5.74, 6) is 0.0236. The Labute approximate surface area is 129 Å². The zero-order valence-corrected chi connectivity index (χ0v) is 13.2. The average molecular weight is 300 g/mol. The fourth-order valence-corrected chi connectivity index (χ4v) is 3.76. The molecule has 1 aliphatic heterocycles. The van der Waals surface area contributed by atoms with Gasteiger partial charge in [0.25, 0.3) is 0 Å². The molecule has 1 atom stereocenters. The van der Waals surface area contributed by atoms with Crippen LogP contribution in [0.15, 0.2) is 30.3 Å². The summed E-state index contributed by atoms with van der Waals surface area (Å²) in [5.41, 5.74) is 3.69. The summed E-state index contributed by atoms with van der Waals surface area (Å²) in [4.78, 5) is 15.0. The SMILES string of the molecule is Cc1cc(CNC(=O)C2CNCc3ccccc32)sc1C. The first-order valence-corrected chi connectivity index (χ1v) is 8.09. The van der Waals surface area contributed by atoms with E-state index < -0.39 is 0 Å². The van der Waals surface area contributed by atoms with Crippen LogP contribution in [0.5, 0.6) is 0 Å². The highest BCUT2D eigenvalue weighted by Gasteiger charge is 2.25. The van der Waals surface area contributed by atoms with Crippen molar-refractivity contribution in [1.29, 1.82) is 0 Å². The van der Waals surface area contributed by atoms with E-state index in [9.17, 15) is 4.79 Å². The van der Waals surface area contributed by atoms with E-state index in [2.05, 4.69) is 42.7 Å². The third-order valence-electron chi connectivity index (χ3n) is 4.06. The maximum absolute atomic E-state index is 12.5. The molecule has 0 saturated heterocycles. The molecule has 1 aliphatic rings. The van der Waals surface area contributed by atoms with Gasteiger partial charge in [-0.3, -0.25) is 4.79 Å². The van der Waals surface area contributed by atoms with Gasteiger partial charge in [0.05, 0.1) is 12.5 Å². The zero-order valence-electron chi connectivity index (χ0n) is 12.4. The van der Waals surface area contributed by atoms with Gasteiger partial charge in [-0.2, -0.15) is 0 Å². The van der Waals surface area contributed by atoms with Gasteiger partial charge in [-0.15, -0.1) is 11.3 Å². The highest BCUT2D eigenvalue weighted by atomic mass is 32.1. The van der Waals surface area contributed by atoms with Gasteiger partial charge < -0.3 is 10.6 Å². The second-order valence-corrected chi connectivity index (χ2v) is 6.89. The quantitative estimate of drug-likeness (QED) is 0.915. The molecular weight excluding hydrogens is 280 g/mol. The lowest BCUT2D eigenvalue weighted by Crippen LogP contribution is -2.38. The lowest BCUT2D eigenvalue weighted by atomic mass is 9.90. The van der Waals surface area contributed by atoms with Crippen LogP contribution in [-0.4, -0.2) is 12.5 Å². The number of nitrogens with one attached hydrogen (secondary N) is 2. The van der Waals surface area contributed by atoms with Crippen molar-refractivity contribution in [2.45, 2.75) is 32.9 Å². The van der Waals surface area contributed by atoms with Crippen LogP contribution in [0.4, 0.5) is 0 Å². The molecule has 1 aromatic carbocycles. The predicted molar refractivity (Wildman–Crippen MR) is 86.5 cm³/mol. The van der Waals surface area contributed by atoms with Gasteiger partial charge in [-0.1, -0.05) is 24.3 Å². The van der Waals surface area contributed by atoms with E-state index in [-0.39, 0.29) is 11.8 Å². The van der Waals surface area contributed by atoms with E-state index >= 15 is 0 Å². The first kappa shape index (κ1) is 14.3. The number of carbonyl (C=O) groups is 1. The van der Waals surface area contributed by atoms with Crippen LogP contribution < -0.4 is 10.6 Å². The molecule has 4 heteroatoms. The standard InChI is InChI=1S/C17H20N2OS/c1-11-7-14(21-12(11)2)9-19-17(20)16-10-18-8-13-5-3-4-6-15(13)16/h3-7,16,18H,8-10H2,1-2H3,(H,19,20). The first-order valence-electron chi connectivity index (χ1n) is 7.27. The van der Waals surface area contributed by atoms with Gasteiger partial charge in [0, 0.05) is 22.8 Å². The summed E-state index contributed by atoms with van der Waals surface area (Å²) in [6, 6.07) is 10.4. The summed E-state index contributed by atoms with van der Waals surface area (Å²) in [5, 5.41) is 6.41. The number of hydrogen-bond acceptors (Lipinski definition) is 3. The Kier molecular flexibility index (Phi) is 4.08. The van der Waals surface area contributed by atoms with Crippen LogP contribution in [0.25, 0.3) is 0 Å². The summed E-state index contributed by atoms with van der Waals surface area (Å²) in [6.07, 6.45) is 0. The molecule has 21 heavy (non-hydrogen) atoms. The molecule has 2 N–H and O–H groups in total. The van der Waals surface area contributed by atoms with Crippen molar-refractivity contribution >= 4 is 17.2 Å². The number of benzene rings is 1. The van der Waals surface area contributed by atoms with E-state index in [0.29, 0.717) is 13.1 Å². The maximum Gasteiger partial charge on any atom is 0.229 e. The van der Waals surface area contributed by atoms with Gasteiger partial charge in [-0.25, -0.2) is 0 Å². The minimum absolute atomic E-state index is 0.0860. The number of aryl methyl sites for hydroxylation is 2. The van der Waals surface area contributed by atoms with Gasteiger partial charge in [0.1, 0.15) is 0 Å². The zero-order chi connectivity index (χ0) is 14.8. The second-order valence-electron chi connectivity index (χ2n) is 5.55. The molecule has 1 unspecified atom stereocenters. The van der Waals surface area contributed by atoms with Gasteiger partial charge >= 0.3 is 0 Å². The topological polar surface area (TPSA) is 41.1 Å². The Bertz CT molecular complexity index is 643.